The lowest BCUT2D eigenvalue weighted by Crippen LogP contribution is -2.09. The molecule has 246 valence electrons. The van der Waals surface area contributed by atoms with Crippen molar-refractivity contribution in [3.8, 4) is 11.1 Å². The van der Waals surface area contributed by atoms with Crippen molar-refractivity contribution in [2.24, 2.45) is 0 Å². The van der Waals surface area contributed by atoms with Gasteiger partial charge in [-0.1, -0.05) is 140 Å². The first-order valence-corrected chi connectivity index (χ1v) is 19.3. The number of nitrogens with zero attached hydrogens (tertiary/aromatic N) is 1. The van der Waals surface area contributed by atoms with Gasteiger partial charge in [0.1, 0.15) is 0 Å². The topological polar surface area (TPSA) is 3.24 Å². The second-order valence-electron chi connectivity index (χ2n) is 13.3. The summed E-state index contributed by atoms with van der Waals surface area (Å²) in [6, 6.07) is 71.1. The zero-order valence-electron chi connectivity index (χ0n) is 28.3. The second-order valence-corrected chi connectivity index (χ2v) is 15.5. The molecule has 10 aromatic rings. The lowest BCUT2D eigenvalue weighted by atomic mass is 9.84. The standard InChI is InChI=1S/C49H33NS2/c1-3-11-35(12-4-1)49(37-25-29-43-41-15-7-9-17-45(41)51-47(43)31-37)36-21-19-33(20-22-36)34-23-26-39(27-24-34)50(38-13-5-2-6-14-38)40-28-30-44-42-16-8-10-18-46(42)52-48(44)32-40/h1-32,49H. The Hall–Kier alpha value is -6.00. The van der Waals surface area contributed by atoms with Crippen LogP contribution in [-0.2, 0) is 0 Å². The van der Waals surface area contributed by atoms with E-state index >= 15 is 0 Å². The maximum atomic E-state index is 2.40. The summed E-state index contributed by atoms with van der Waals surface area (Å²) in [7, 11) is 0. The molecule has 3 heteroatoms. The van der Waals surface area contributed by atoms with Gasteiger partial charge < -0.3 is 4.90 Å². The molecule has 0 N–H and O–H groups in total. The Kier molecular flexibility index (Phi) is 7.67. The molecule has 0 saturated carbocycles. The van der Waals surface area contributed by atoms with E-state index in [2.05, 4.69) is 199 Å². The van der Waals surface area contributed by atoms with Gasteiger partial charge in [0.15, 0.2) is 0 Å². The smallest absolute Gasteiger partial charge is 0.0476 e. The minimum absolute atomic E-state index is 0.143. The molecule has 0 saturated heterocycles. The van der Waals surface area contributed by atoms with Crippen molar-refractivity contribution in [1.82, 2.24) is 0 Å². The van der Waals surface area contributed by atoms with Crippen LogP contribution in [0.4, 0.5) is 17.1 Å². The van der Waals surface area contributed by atoms with E-state index in [9.17, 15) is 0 Å². The molecule has 0 spiro atoms. The largest absolute Gasteiger partial charge is 0.310 e. The van der Waals surface area contributed by atoms with E-state index in [0.29, 0.717) is 0 Å². The highest BCUT2D eigenvalue weighted by atomic mass is 32.1. The van der Waals surface area contributed by atoms with Crippen molar-refractivity contribution in [3.63, 3.8) is 0 Å². The van der Waals surface area contributed by atoms with Crippen LogP contribution in [0.25, 0.3) is 51.5 Å². The molecule has 52 heavy (non-hydrogen) atoms. The summed E-state index contributed by atoms with van der Waals surface area (Å²) in [5.41, 5.74) is 9.74. The highest BCUT2D eigenvalue weighted by molar-refractivity contribution is 7.26. The quantitative estimate of drug-likeness (QED) is 0.150. The summed E-state index contributed by atoms with van der Waals surface area (Å²) in [5.74, 6) is 0.143. The highest BCUT2D eigenvalue weighted by Crippen LogP contribution is 2.42. The Morgan fingerprint density at radius 1 is 0.308 bits per heavy atom. The number of para-hydroxylation sites is 1. The Morgan fingerprint density at radius 3 is 1.40 bits per heavy atom. The molecule has 0 radical (unpaired) electrons. The van der Waals surface area contributed by atoms with Crippen molar-refractivity contribution < 1.29 is 0 Å². The first kappa shape index (κ1) is 30.8. The number of hydrogen-bond acceptors (Lipinski definition) is 3. The molecule has 0 aliphatic rings. The summed E-state index contributed by atoms with van der Waals surface area (Å²) < 4.78 is 5.30. The predicted octanol–water partition coefficient (Wildman–Crippen LogP) is 14.7. The van der Waals surface area contributed by atoms with E-state index in [4.69, 9.17) is 0 Å². The molecule has 0 aliphatic heterocycles. The Bertz CT molecular complexity index is 2630. The second kappa shape index (κ2) is 13.0. The van der Waals surface area contributed by atoms with E-state index in [-0.39, 0.29) is 5.92 Å². The minimum Gasteiger partial charge on any atom is -0.310 e. The van der Waals surface area contributed by atoms with Crippen LogP contribution in [0.1, 0.15) is 22.6 Å². The molecule has 0 amide bonds. The van der Waals surface area contributed by atoms with Gasteiger partial charge in [0.2, 0.25) is 0 Å². The van der Waals surface area contributed by atoms with Crippen LogP contribution < -0.4 is 4.90 Å². The van der Waals surface area contributed by atoms with Gasteiger partial charge in [-0.2, -0.15) is 0 Å². The monoisotopic (exact) mass is 699 g/mol. The van der Waals surface area contributed by atoms with Crippen molar-refractivity contribution in [2.45, 2.75) is 5.92 Å². The van der Waals surface area contributed by atoms with E-state index in [1.807, 2.05) is 22.7 Å². The van der Waals surface area contributed by atoms with Crippen LogP contribution in [0, 0.1) is 0 Å². The Morgan fingerprint density at radius 2 is 0.750 bits per heavy atom. The molecule has 0 bridgehead atoms. The zero-order valence-corrected chi connectivity index (χ0v) is 29.9. The fourth-order valence-electron chi connectivity index (χ4n) is 7.69. The van der Waals surface area contributed by atoms with Gasteiger partial charge in [-0.15, -0.1) is 22.7 Å². The van der Waals surface area contributed by atoms with E-state index in [1.54, 1.807) is 0 Å². The van der Waals surface area contributed by atoms with Crippen molar-refractivity contribution >= 4 is 80.1 Å². The van der Waals surface area contributed by atoms with E-state index < -0.39 is 0 Å². The van der Waals surface area contributed by atoms with Crippen molar-refractivity contribution in [1.29, 1.82) is 0 Å². The molecule has 1 nitrogen and oxygen atoms in total. The summed E-state index contributed by atoms with van der Waals surface area (Å²) in [4.78, 5) is 2.36. The third-order valence-corrected chi connectivity index (χ3v) is 12.5. The molecule has 10 rings (SSSR count). The van der Waals surface area contributed by atoms with Gasteiger partial charge in [0.25, 0.3) is 0 Å². The molecule has 0 fully saturated rings. The predicted molar refractivity (Wildman–Crippen MR) is 226 cm³/mol. The Balaban J connectivity index is 0.989. The van der Waals surface area contributed by atoms with Gasteiger partial charge in [-0.25, -0.2) is 0 Å². The molecular formula is C49H33NS2. The average molecular weight is 700 g/mol. The summed E-state index contributed by atoms with van der Waals surface area (Å²) in [6.45, 7) is 0. The number of rotatable bonds is 7. The first-order chi connectivity index (χ1) is 25.8. The van der Waals surface area contributed by atoms with Crippen LogP contribution in [0.15, 0.2) is 194 Å². The van der Waals surface area contributed by atoms with Gasteiger partial charge >= 0.3 is 0 Å². The summed E-state index contributed by atoms with van der Waals surface area (Å²) >= 11 is 3.74. The fraction of sp³-hybridized carbons (Fsp3) is 0.0204. The summed E-state index contributed by atoms with van der Waals surface area (Å²) in [5, 5.41) is 5.31. The van der Waals surface area contributed by atoms with Crippen LogP contribution >= 0.6 is 22.7 Å². The van der Waals surface area contributed by atoms with Crippen LogP contribution in [-0.4, -0.2) is 0 Å². The molecule has 2 heterocycles. The molecule has 1 atom stereocenters. The zero-order chi connectivity index (χ0) is 34.4. The van der Waals surface area contributed by atoms with Gasteiger partial charge in [0, 0.05) is 63.3 Å². The molecule has 8 aromatic carbocycles. The van der Waals surface area contributed by atoms with Crippen molar-refractivity contribution in [3.05, 3.63) is 211 Å². The fourth-order valence-corrected chi connectivity index (χ4v) is 9.99. The highest BCUT2D eigenvalue weighted by Gasteiger charge is 2.19. The van der Waals surface area contributed by atoms with Gasteiger partial charge in [-0.05, 0) is 82.4 Å². The van der Waals surface area contributed by atoms with Crippen LogP contribution in [0.3, 0.4) is 0 Å². The Labute approximate surface area is 311 Å². The average Bonchev–Trinajstić information content (AvgIpc) is 3.77. The SMILES string of the molecule is c1ccc(C(c2ccc(-c3ccc(N(c4ccccc4)c4ccc5c(c4)sc4ccccc45)cc3)cc2)c2ccc3c(c2)sc2ccccc23)cc1. The van der Waals surface area contributed by atoms with Gasteiger partial charge in [-0.3, -0.25) is 0 Å². The van der Waals surface area contributed by atoms with Crippen LogP contribution in [0.2, 0.25) is 0 Å². The number of benzene rings is 8. The minimum atomic E-state index is 0.143. The molecule has 1 unspecified atom stereocenters. The van der Waals surface area contributed by atoms with E-state index in [0.717, 1.165) is 17.1 Å². The lowest BCUT2D eigenvalue weighted by molar-refractivity contribution is 0.981. The van der Waals surface area contributed by atoms with E-state index in [1.165, 1.54) is 68.2 Å². The number of anilines is 3. The number of fused-ring (bicyclic) bond motifs is 6. The lowest BCUT2D eigenvalue weighted by Gasteiger charge is -2.25. The number of thiophene rings is 2. The van der Waals surface area contributed by atoms with Crippen molar-refractivity contribution in [2.75, 3.05) is 4.90 Å². The summed E-state index contributed by atoms with van der Waals surface area (Å²) in [6.07, 6.45) is 0. The van der Waals surface area contributed by atoms with Crippen LogP contribution in [0.5, 0.6) is 0 Å². The normalized spacial score (nSPS) is 12.2. The molecule has 2 aromatic heterocycles. The third-order valence-electron chi connectivity index (χ3n) is 10.2. The first-order valence-electron chi connectivity index (χ1n) is 17.7. The molecular weight excluding hydrogens is 667 g/mol. The maximum absolute atomic E-state index is 2.40. The third kappa shape index (κ3) is 5.47. The van der Waals surface area contributed by atoms with Gasteiger partial charge in [0.05, 0.1) is 0 Å². The molecule has 0 aliphatic carbocycles. The maximum Gasteiger partial charge on any atom is 0.0476 e. The number of hydrogen-bond donors (Lipinski definition) is 0.